The summed E-state index contributed by atoms with van der Waals surface area (Å²) >= 11 is 0. The monoisotopic (exact) mass is 435 g/mol. The van der Waals surface area contributed by atoms with Crippen LogP contribution in [0.15, 0.2) is 53.4 Å². The number of carbonyl (C=O) groups excluding carboxylic acids is 1. The van der Waals surface area contributed by atoms with E-state index in [2.05, 4.69) is 17.0 Å². The number of piperazine rings is 1. The van der Waals surface area contributed by atoms with Crippen molar-refractivity contribution in [2.75, 3.05) is 46.9 Å². The van der Waals surface area contributed by atoms with E-state index >= 15 is 0 Å². The van der Waals surface area contributed by atoms with Crippen LogP contribution in [-0.4, -0.2) is 75.3 Å². The first-order valence-corrected chi connectivity index (χ1v) is 11.1. The van der Waals surface area contributed by atoms with Crippen LogP contribution in [0.2, 0.25) is 0 Å². The highest BCUT2D eigenvalue weighted by Gasteiger charge is 2.29. The fraction of sp³-hybridized carbons (Fsp3) is 0.381. The highest BCUT2D eigenvalue weighted by atomic mass is 32.2. The lowest BCUT2D eigenvalue weighted by atomic mass is 10.2. The Labute approximate surface area is 176 Å². The average Bonchev–Trinajstić information content (AvgIpc) is 2.74. The molecule has 1 aliphatic rings. The number of sulfonamides is 1. The maximum Gasteiger partial charge on any atom is 0.247 e. The maximum atomic E-state index is 13.6. The molecule has 162 valence electrons. The number of benzene rings is 2. The van der Waals surface area contributed by atoms with Crippen molar-refractivity contribution in [2.45, 2.75) is 11.4 Å². The third kappa shape index (κ3) is 5.16. The smallest absolute Gasteiger partial charge is 0.247 e. The van der Waals surface area contributed by atoms with Gasteiger partial charge in [0.2, 0.25) is 15.9 Å². The lowest BCUT2D eigenvalue weighted by molar-refractivity contribution is -0.133. The number of methoxy groups -OCH3 is 1. The number of nitrogens with zero attached hydrogens (tertiary/aromatic N) is 3. The van der Waals surface area contributed by atoms with Gasteiger partial charge in [-0.3, -0.25) is 9.69 Å². The van der Waals surface area contributed by atoms with Gasteiger partial charge >= 0.3 is 0 Å². The Morgan fingerprint density at radius 3 is 2.40 bits per heavy atom. The molecule has 0 bridgehead atoms. The molecule has 2 aromatic carbocycles. The Kier molecular flexibility index (Phi) is 7.06. The summed E-state index contributed by atoms with van der Waals surface area (Å²) in [5.41, 5.74) is 1.21. The normalized spacial score (nSPS) is 15.4. The first-order chi connectivity index (χ1) is 14.3. The number of hydrogen-bond donors (Lipinski definition) is 0. The lowest BCUT2D eigenvalue weighted by Crippen LogP contribution is -2.51. The summed E-state index contributed by atoms with van der Waals surface area (Å²) < 4.78 is 45.3. The molecular formula is C21H26FN3O4S. The van der Waals surface area contributed by atoms with Crippen LogP contribution >= 0.6 is 0 Å². The number of halogens is 1. The topological polar surface area (TPSA) is 70.2 Å². The van der Waals surface area contributed by atoms with E-state index in [1.54, 1.807) is 4.90 Å². The van der Waals surface area contributed by atoms with Gasteiger partial charge in [-0.15, -0.1) is 0 Å². The molecule has 7 nitrogen and oxygen atoms in total. The van der Waals surface area contributed by atoms with Crippen LogP contribution in [0.25, 0.3) is 0 Å². The second kappa shape index (κ2) is 9.55. The predicted molar refractivity (Wildman–Crippen MR) is 111 cm³/mol. The van der Waals surface area contributed by atoms with Crippen molar-refractivity contribution < 1.29 is 22.3 Å². The molecule has 0 aliphatic carbocycles. The van der Waals surface area contributed by atoms with Gasteiger partial charge in [0.25, 0.3) is 0 Å². The first kappa shape index (κ1) is 22.2. The number of likely N-dealkylation sites (N-methyl/N-ethyl adjacent to an activating group) is 1. The molecular weight excluding hydrogens is 409 g/mol. The summed E-state index contributed by atoms with van der Waals surface area (Å²) in [6, 6.07) is 13.4. The molecule has 0 aromatic heterocycles. The summed E-state index contributed by atoms with van der Waals surface area (Å²) in [5, 5.41) is 0. The molecule has 1 fully saturated rings. The molecule has 1 saturated heterocycles. The second-order valence-corrected chi connectivity index (χ2v) is 9.21. The number of hydrogen-bond acceptors (Lipinski definition) is 5. The van der Waals surface area contributed by atoms with E-state index in [0.29, 0.717) is 13.1 Å². The van der Waals surface area contributed by atoms with Crippen molar-refractivity contribution in [3.8, 4) is 5.75 Å². The van der Waals surface area contributed by atoms with Gasteiger partial charge in [-0.2, -0.15) is 4.31 Å². The van der Waals surface area contributed by atoms with Gasteiger partial charge in [0.1, 0.15) is 16.5 Å². The van der Waals surface area contributed by atoms with Gasteiger partial charge in [0.05, 0.1) is 13.7 Å². The maximum absolute atomic E-state index is 13.6. The van der Waals surface area contributed by atoms with Crippen LogP contribution in [-0.2, 0) is 21.4 Å². The van der Waals surface area contributed by atoms with Crippen molar-refractivity contribution >= 4 is 15.9 Å². The van der Waals surface area contributed by atoms with Gasteiger partial charge in [-0.25, -0.2) is 12.8 Å². The number of rotatable bonds is 7. The third-order valence-corrected chi connectivity index (χ3v) is 6.97. The molecule has 0 N–H and O–H groups in total. The molecule has 0 unspecified atom stereocenters. The summed E-state index contributed by atoms with van der Waals surface area (Å²) in [7, 11) is -1.46. The second-order valence-electron chi connectivity index (χ2n) is 7.20. The van der Waals surface area contributed by atoms with Crippen molar-refractivity contribution in [3.05, 3.63) is 59.9 Å². The average molecular weight is 436 g/mol. The van der Waals surface area contributed by atoms with E-state index in [1.165, 1.54) is 25.8 Å². The lowest BCUT2D eigenvalue weighted by Gasteiger charge is -2.35. The Balaban J connectivity index is 1.59. The molecule has 9 heteroatoms. The van der Waals surface area contributed by atoms with Gasteiger partial charge in [0, 0.05) is 39.8 Å². The fourth-order valence-corrected chi connectivity index (χ4v) is 4.68. The minimum Gasteiger partial charge on any atom is -0.495 e. The summed E-state index contributed by atoms with van der Waals surface area (Å²) in [6.07, 6.45) is 0. The molecule has 0 spiro atoms. The summed E-state index contributed by atoms with van der Waals surface area (Å²) in [5.74, 6) is -0.940. The first-order valence-electron chi connectivity index (χ1n) is 9.65. The zero-order valence-corrected chi connectivity index (χ0v) is 17.9. The SMILES string of the molecule is COc1ccc(F)cc1S(=O)(=O)N(C)CC(=O)N1CCN(Cc2ccccc2)CC1. The van der Waals surface area contributed by atoms with Crippen LogP contribution in [0.3, 0.4) is 0 Å². The largest absolute Gasteiger partial charge is 0.495 e. The van der Waals surface area contributed by atoms with Crippen LogP contribution in [0.5, 0.6) is 5.75 Å². The standard InChI is InChI=1S/C21H26FN3O4S/c1-23(30(27,28)20-14-18(22)8-9-19(20)29-2)16-21(26)25-12-10-24(11-13-25)15-17-6-4-3-5-7-17/h3-9,14H,10-13,15-16H2,1-2H3. The van der Waals surface area contributed by atoms with Gasteiger partial charge in [-0.1, -0.05) is 30.3 Å². The zero-order valence-electron chi connectivity index (χ0n) is 17.1. The van der Waals surface area contributed by atoms with Crippen molar-refractivity contribution in [1.29, 1.82) is 0 Å². The van der Waals surface area contributed by atoms with Crippen molar-refractivity contribution in [2.24, 2.45) is 0 Å². The van der Waals surface area contributed by atoms with E-state index in [1.807, 2.05) is 18.2 Å². The Hall–Kier alpha value is -2.49. The van der Waals surface area contributed by atoms with Gasteiger partial charge in [0.15, 0.2) is 0 Å². The van der Waals surface area contributed by atoms with Crippen molar-refractivity contribution in [1.82, 2.24) is 14.1 Å². The molecule has 1 amide bonds. The number of carbonyl (C=O) groups is 1. The van der Waals surface area contributed by atoms with Crippen LogP contribution in [0, 0.1) is 5.82 Å². The summed E-state index contributed by atoms with van der Waals surface area (Å²) in [4.78, 5) is 16.3. The van der Waals surface area contributed by atoms with E-state index in [9.17, 15) is 17.6 Å². The molecule has 1 aliphatic heterocycles. The van der Waals surface area contributed by atoms with Crippen LogP contribution in [0.4, 0.5) is 4.39 Å². The fourth-order valence-electron chi connectivity index (χ4n) is 3.39. The Morgan fingerprint density at radius 2 is 1.77 bits per heavy atom. The minimum atomic E-state index is -4.08. The van der Waals surface area contributed by atoms with Gasteiger partial charge in [-0.05, 0) is 23.8 Å². The van der Waals surface area contributed by atoms with E-state index in [4.69, 9.17) is 4.74 Å². The van der Waals surface area contributed by atoms with E-state index in [-0.39, 0.29) is 23.1 Å². The number of ether oxygens (including phenoxy) is 1. The predicted octanol–water partition coefficient (Wildman–Crippen LogP) is 1.80. The Bertz CT molecular complexity index is 977. The van der Waals surface area contributed by atoms with Crippen LogP contribution in [0.1, 0.15) is 5.56 Å². The molecule has 0 saturated carbocycles. The highest BCUT2D eigenvalue weighted by Crippen LogP contribution is 2.27. The number of amides is 1. The van der Waals surface area contributed by atoms with Crippen LogP contribution < -0.4 is 4.74 Å². The van der Waals surface area contributed by atoms with E-state index < -0.39 is 15.8 Å². The molecule has 0 atom stereocenters. The zero-order chi connectivity index (χ0) is 21.7. The third-order valence-electron chi connectivity index (χ3n) is 5.15. The van der Waals surface area contributed by atoms with Gasteiger partial charge < -0.3 is 9.64 Å². The summed E-state index contributed by atoms with van der Waals surface area (Å²) in [6.45, 7) is 2.99. The van der Waals surface area contributed by atoms with E-state index in [0.717, 1.165) is 36.1 Å². The molecule has 1 heterocycles. The quantitative estimate of drug-likeness (QED) is 0.663. The Morgan fingerprint density at radius 1 is 1.10 bits per heavy atom. The van der Waals surface area contributed by atoms with Crippen molar-refractivity contribution in [3.63, 3.8) is 0 Å². The molecule has 3 rings (SSSR count). The molecule has 30 heavy (non-hydrogen) atoms. The molecule has 0 radical (unpaired) electrons. The highest BCUT2D eigenvalue weighted by molar-refractivity contribution is 7.89. The minimum absolute atomic E-state index is 0.0326. The molecule has 2 aromatic rings.